The van der Waals surface area contributed by atoms with Crippen molar-refractivity contribution in [2.24, 2.45) is 0 Å². The summed E-state index contributed by atoms with van der Waals surface area (Å²) in [5, 5.41) is 11.7. The summed E-state index contributed by atoms with van der Waals surface area (Å²) in [6.45, 7) is 0.625. The SMILES string of the molecule is Nc1ccc(NCCO)c(CCl)c1. The van der Waals surface area contributed by atoms with Crippen molar-refractivity contribution in [1.82, 2.24) is 0 Å². The molecule has 3 nitrogen and oxygen atoms in total. The third kappa shape index (κ3) is 2.79. The largest absolute Gasteiger partial charge is 0.399 e. The van der Waals surface area contributed by atoms with E-state index in [0.29, 0.717) is 18.1 Å². The van der Waals surface area contributed by atoms with E-state index in [1.54, 1.807) is 6.07 Å². The Hall–Kier alpha value is -0.930. The highest BCUT2D eigenvalue weighted by Gasteiger charge is 2.00. The second-order valence-corrected chi connectivity index (χ2v) is 2.97. The number of hydrogen-bond acceptors (Lipinski definition) is 3. The number of aliphatic hydroxyl groups excluding tert-OH is 1. The van der Waals surface area contributed by atoms with Gasteiger partial charge in [-0.15, -0.1) is 11.6 Å². The van der Waals surface area contributed by atoms with Crippen LogP contribution in [-0.2, 0) is 5.88 Å². The summed E-state index contributed by atoms with van der Waals surface area (Å²) >= 11 is 5.72. The lowest BCUT2D eigenvalue weighted by molar-refractivity contribution is 0.311. The summed E-state index contributed by atoms with van der Waals surface area (Å²) in [6.07, 6.45) is 0. The summed E-state index contributed by atoms with van der Waals surface area (Å²) in [5.74, 6) is 0.415. The van der Waals surface area contributed by atoms with Crippen molar-refractivity contribution in [3.63, 3.8) is 0 Å². The lowest BCUT2D eigenvalue weighted by atomic mass is 10.2. The molecule has 0 aromatic heterocycles. The summed E-state index contributed by atoms with van der Waals surface area (Å²) in [7, 11) is 0. The molecule has 0 fully saturated rings. The first-order chi connectivity index (χ1) is 6.27. The van der Waals surface area contributed by atoms with Crippen LogP contribution in [0.3, 0.4) is 0 Å². The van der Waals surface area contributed by atoms with Gasteiger partial charge in [-0.2, -0.15) is 0 Å². The monoisotopic (exact) mass is 200 g/mol. The zero-order valence-electron chi connectivity index (χ0n) is 7.26. The van der Waals surface area contributed by atoms with Gasteiger partial charge in [-0.1, -0.05) is 0 Å². The maximum Gasteiger partial charge on any atom is 0.0604 e. The zero-order chi connectivity index (χ0) is 9.68. The quantitative estimate of drug-likeness (QED) is 0.509. The zero-order valence-corrected chi connectivity index (χ0v) is 8.01. The first kappa shape index (κ1) is 10.2. The molecule has 0 aliphatic carbocycles. The topological polar surface area (TPSA) is 58.3 Å². The van der Waals surface area contributed by atoms with Crippen LogP contribution in [0.5, 0.6) is 0 Å². The molecule has 0 aliphatic rings. The Bertz CT molecular complexity index is 278. The van der Waals surface area contributed by atoms with Crippen molar-refractivity contribution in [2.45, 2.75) is 5.88 Å². The molecule has 0 atom stereocenters. The summed E-state index contributed by atoms with van der Waals surface area (Å²) < 4.78 is 0. The third-order valence-electron chi connectivity index (χ3n) is 1.70. The Morgan fingerprint density at radius 3 is 2.85 bits per heavy atom. The second-order valence-electron chi connectivity index (χ2n) is 2.70. The lowest BCUT2D eigenvalue weighted by Crippen LogP contribution is -2.07. The molecule has 0 saturated heterocycles. The maximum absolute atomic E-state index is 8.63. The van der Waals surface area contributed by atoms with Gasteiger partial charge in [0.05, 0.1) is 6.61 Å². The number of hydrogen-bond donors (Lipinski definition) is 3. The summed E-state index contributed by atoms with van der Waals surface area (Å²) in [4.78, 5) is 0. The number of halogens is 1. The lowest BCUT2D eigenvalue weighted by Gasteiger charge is -2.09. The van der Waals surface area contributed by atoms with Crippen LogP contribution in [0.1, 0.15) is 5.56 Å². The van der Waals surface area contributed by atoms with E-state index in [1.165, 1.54) is 0 Å². The first-order valence-electron chi connectivity index (χ1n) is 4.07. The highest BCUT2D eigenvalue weighted by atomic mass is 35.5. The van der Waals surface area contributed by atoms with E-state index in [-0.39, 0.29) is 6.61 Å². The van der Waals surface area contributed by atoms with E-state index >= 15 is 0 Å². The Morgan fingerprint density at radius 2 is 2.23 bits per heavy atom. The predicted octanol–water partition coefficient (Wildman–Crippen LogP) is 1.41. The van der Waals surface area contributed by atoms with Crippen LogP contribution >= 0.6 is 11.6 Å². The minimum atomic E-state index is 0.103. The molecule has 0 saturated carbocycles. The van der Waals surface area contributed by atoms with Crippen molar-refractivity contribution in [1.29, 1.82) is 0 Å². The predicted molar refractivity (Wildman–Crippen MR) is 56.0 cm³/mol. The van der Waals surface area contributed by atoms with E-state index in [1.807, 2.05) is 12.1 Å². The first-order valence-corrected chi connectivity index (χ1v) is 4.60. The summed E-state index contributed by atoms with van der Waals surface area (Å²) in [5.41, 5.74) is 8.18. The van der Waals surface area contributed by atoms with E-state index in [9.17, 15) is 0 Å². The van der Waals surface area contributed by atoms with Crippen LogP contribution in [-0.4, -0.2) is 18.3 Å². The Balaban J connectivity index is 2.79. The number of nitrogen functional groups attached to an aromatic ring is 1. The molecule has 1 aromatic rings. The number of nitrogens with one attached hydrogen (secondary N) is 1. The fraction of sp³-hybridized carbons (Fsp3) is 0.333. The van der Waals surface area contributed by atoms with Crippen molar-refractivity contribution in [3.8, 4) is 0 Å². The molecule has 0 spiro atoms. The Labute approximate surface area is 82.5 Å². The van der Waals surface area contributed by atoms with Gasteiger partial charge >= 0.3 is 0 Å². The number of rotatable bonds is 4. The normalized spacial score (nSPS) is 10.0. The van der Waals surface area contributed by atoms with Crippen molar-refractivity contribution in [2.75, 3.05) is 24.2 Å². The van der Waals surface area contributed by atoms with E-state index in [2.05, 4.69) is 5.32 Å². The molecular weight excluding hydrogens is 188 g/mol. The number of alkyl halides is 1. The Morgan fingerprint density at radius 1 is 1.46 bits per heavy atom. The average Bonchev–Trinajstić information content (AvgIpc) is 2.16. The smallest absolute Gasteiger partial charge is 0.0604 e. The van der Waals surface area contributed by atoms with Crippen molar-refractivity contribution in [3.05, 3.63) is 23.8 Å². The third-order valence-corrected chi connectivity index (χ3v) is 1.99. The molecule has 13 heavy (non-hydrogen) atoms. The van der Waals surface area contributed by atoms with Crippen LogP contribution in [0.25, 0.3) is 0 Å². The van der Waals surface area contributed by atoms with Gasteiger partial charge in [-0.3, -0.25) is 0 Å². The minimum Gasteiger partial charge on any atom is -0.399 e. The van der Waals surface area contributed by atoms with Crippen LogP contribution < -0.4 is 11.1 Å². The number of benzene rings is 1. The fourth-order valence-electron chi connectivity index (χ4n) is 1.09. The van der Waals surface area contributed by atoms with Crippen molar-refractivity contribution < 1.29 is 5.11 Å². The van der Waals surface area contributed by atoms with Gasteiger partial charge in [0.2, 0.25) is 0 Å². The van der Waals surface area contributed by atoms with Gasteiger partial charge in [-0.25, -0.2) is 0 Å². The van der Waals surface area contributed by atoms with E-state index in [4.69, 9.17) is 22.4 Å². The van der Waals surface area contributed by atoms with E-state index < -0.39 is 0 Å². The summed E-state index contributed by atoms with van der Waals surface area (Å²) in [6, 6.07) is 5.49. The van der Waals surface area contributed by atoms with E-state index in [0.717, 1.165) is 11.3 Å². The van der Waals surface area contributed by atoms with Crippen LogP contribution in [0.4, 0.5) is 11.4 Å². The standard InChI is InChI=1S/C9H13ClN2O/c10-6-7-5-8(11)1-2-9(7)12-3-4-13/h1-2,5,12-13H,3-4,6,11H2. The van der Waals surface area contributed by atoms with Gasteiger partial charge in [0.25, 0.3) is 0 Å². The second kappa shape index (κ2) is 4.94. The molecule has 1 rings (SSSR count). The molecule has 4 N–H and O–H groups in total. The molecule has 4 heteroatoms. The Kier molecular flexibility index (Phi) is 3.86. The van der Waals surface area contributed by atoms with Crippen LogP contribution in [0.15, 0.2) is 18.2 Å². The van der Waals surface area contributed by atoms with Gasteiger partial charge < -0.3 is 16.2 Å². The molecule has 72 valence electrons. The van der Waals surface area contributed by atoms with Crippen LogP contribution in [0, 0.1) is 0 Å². The van der Waals surface area contributed by atoms with Crippen molar-refractivity contribution >= 4 is 23.0 Å². The molecule has 1 aromatic carbocycles. The van der Waals surface area contributed by atoms with Gasteiger partial charge in [0, 0.05) is 23.8 Å². The van der Waals surface area contributed by atoms with Gasteiger partial charge in [-0.05, 0) is 23.8 Å². The highest BCUT2D eigenvalue weighted by Crippen LogP contribution is 2.20. The minimum absolute atomic E-state index is 0.103. The molecule has 0 radical (unpaired) electrons. The molecular formula is C9H13ClN2O. The van der Waals surface area contributed by atoms with Crippen LogP contribution in [0.2, 0.25) is 0 Å². The number of aliphatic hydroxyl groups is 1. The van der Waals surface area contributed by atoms with Gasteiger partial charge in [0.15, 0.2) is 0 Å². The molecule has 0 aliphatic heterocycles. The molecule has 0 heterocycles. The molecule has 0 amide bonds. The molecule has 0 bridgehead atoms. The fourth-order valence-corrected chi connectivity index (χ4v) is 1.31. The maximum atomic E-state index is 8.63. The molecule has 0 unspecified atom stereocenters. The highest BCUT2D eigenvalue weighted by molar-refractivity contribution is 6.17. The number of nitrogens with two attached hydrogens (primary N) is 1. The van der Waals surface area contributed by atoms with Gasteiger partial charge in [0.1, 0.15) is 0 Å². The number of anilines is 2. The average molecular weight is 201 g/mol.